The number of amides is 2. The standard InChI is InChI=1S/C49H77N3O8/c1-29(2)39-33(53)25-49(26-37(54)50-28-43(3,4)51-38(55)27-52-20-22-59-23-21-52)19-18-47(10)30(40(39)49)12-13-35-46(9)16-15-36(45(7,8)34(46)14-17-48(35,47)11)60-42(58)32-24-31(41(56)57)44(32,5)6/h29-32,34-36H,12-28H2,1-11H3,(H,50,54)(H,51,55)(H,56,57)/t30-,31+,32-,34+,35-,36+,46+,47-,48-,49+/m1/s1. The molecule has 6 fully saturated rings. The maximum Gasteiger partial charge on any atom is 0.309 e. The number of hydrogen-bond acceptors (Lipinski definition) is 8. The summed E-state index contributed by atoms with van der Waals surface area (Å²) >= 11 is 0. The fraction of sp³-hybridized carbons (Fsp3) is 0.857. The van der Waals surface area contributed by atoms with E-state index in [1.807, 2.05) is 27.7 Å². The SMILES string of the molecule is CC(C)C1=C2[C@H]3CC[C@@H]4[C@@]5(C)CC[C@H](OC(=O)[C@H]6C[C@@H](C(=O)O)C6(C)C)C(C)(C)[C@@H]5CC[C@@]4(C)[C@]3(C)CC[C@@]2(CC(=O)NCC(C)(C)NC(=O)CN2CCOCC2)CC1=O. The summed E-state index contributed by atoms with van der Waals surface area (Å²) in [6.45, 7) is 27.5. The third kappa shape index (κ3) is 7.29. The largest absolute Gasteiger partial charge is 0.481 e. The number of carbonyl (C=O) groups excluding carboxylic acids is 4. The molecule has 0 unspecified atom stereocenters. The molecule has 5 saturated carbocycles. The molecule has 11 nitrogen and oxygen atoms in total. The Kier molecular flexibility index (Phi) is 11.7. The lowest BCUT2D eigenvalue weighted by atomic mass is 9.33. The zero-order valence-electron chi connectivity index (χ0n) is 38.8. The highest BCUT2D eigenvalue weighted by atomic mass is 16.5. The Morgan fingerprint density at radius 2 is 1.53 bits per heavy atom. The second-order valence-electron chi connectivity index (χ2n) is 23.5. The van der Waals surface area contributed by atoms with Crippen molar-refractivity contribution in [1.29, 1.82) is 0 Å². The number of fused-ring (bicyclic) bond motifs is 7. The first-order chi connectivity index (χ1) is 27.8. The molecule has 0 bridgehead atoms. The van der Waals surface area contributed by atoms with Crippen LogP contribution in [-0.2, 0) is 33.4 Å². The molecule has 0 aromatic rings. The van der Waals surface area contributed by atoms with Crippen LogP contribution in [0.2, 0.25) is 0 Å². The topological polar surface area (TPSA) is 151 Å². The number of ketones is 1. The van der Waals surface area contributed by atoms with Gasteiger partial charge < -0.3 is 25.2 Å². The molecule has 1 aliphatic heterocycles. The lowest BCUT2D eigenvalue weighted by Crippen LogP contribution is -2.66. The lowest BCUT2D eigenvalue weighted by molar-refractivity contribution is -0.236. The van der Waals surface area contributed by atoms with Gasteiger partial charge in [0.1, 0.15) is 6.10 Å². The number of Topliss-reactive ketones (excluding diaryl/α,β-unsaturated/α-hetero) is 1. The Balaban J connectivity index is 1.07. The van der Waals surface area contributed by atoms with Crippen LogP contribution in [0.3, 0.4) is 0 Å². The quantitative estimate of drug-likeness (QED) is 0.182. The molecule has 10 atom stereocenters. The zero-order valence-corrected chi connectivity index (χ0v) is 38.8. The van der Waals surface area contributed by atoms with Gasteiger partial charge in [0.2, 0.25) is 11.8 Å². The number of esters is 1. The molecule has 0 aromatic heterocycles. The van der Waals surface area contributed by atoms with Crippen LogP contribution in [0.5, 0.6) is 0 Å². The van der Waals surface area contributed by atoms with Crippen molar-refractivity contribution < 1.29 is 38.6 Å². The summed E-state index contributed by atoms with van der Waals surface area (Å²) in [4.78, 5) is 68.7. The highest BCUT2D eigenvalue weighted by molar-refractivity contribution is 6.01. The minimum Gasteiger partial charge on any atom is -0.481 e. The first-order valence-electron chi connectivity index (χ1n) is 23.4. The summed E-state index contributed by atoms with van der Waals surface area (Å²) < 4.78 is 11.8. The number of rotatable bonds is 11. The van der Waals surface area contributed by atoms with E-state index in [1.165, 1.54) is 5.57 Å². The van der Waals surface area contributed by atoms with Gasteiger partial charge in [-0.2, -0.15) is 0 Å². The molecule has 7 rings (SSSR count). The van der Waals surface area contributed by atoms with Crippen molar-refractivity contribution >= 4 is 29.5 Å². The van der Waals surface area contributed by atoms with Gasteiger partial charge in [0.05, 0.1) is 37.1 Å². The Labute approximate surface area is 359 Å². The molecule has 0 spiro atoms. The van der Waals surface area contributed by atoms with E-state index in [2.05, 4.69) is 64.0 Å². The van der Waals surface area contributed by atoms with Crippen molar-refractivity contribution in [3.63, 3.8) is 0 Å². The van der Waals surface area contributed by atoms with E-state index in [0.717, 1.165) is 70.0 Å². The molecule has 0 aromatic carbocycles. The predicted molar refractivity (Wildman–Crippen MR) is 229 cm³/mol. The molecule has 3 N–H and O–H groups in total. The number of nitrogens with zero attached hydrogens (tertiary/aromatic N) is 1. The van der Waals surface area contributed by atoms with Gasteiger partial charge in [-0.25, -0.2) is 0 Å². The highest BCUT2D eigenvalue weighted by Gasteiger charge is 2.70. The smallest absolute Gasteiger partial charge is 0.309 e. The average Bonchev–Trinajstić information content (AvgIpc) is 3.43. The summed E-state index contributed by atoms with van der Waals surface area (Å²) in [5, 5.41) is 16.0. The van der Waals surface area contributed by atoms with Gasteiger partial charge in [0, 0.05) is 43.3 Å². The fourth-order valence-electron chi connectivity index (χ4n) is 15.2. The molecular formula is C49H77N3O8. The fourth-order valence-corrected chi connectivity index (χ4v) is 15.2. The van der Waals surface area contributed by atoms with Crippen LogP contribution >= 0.6 is 0 Å². The Hall–Kier alpha value is -2.79. The predicted octanol–water partition coefficient (Wildman–Crippen LogP) is 7.36. The Morgan fingerprint density at radius 1 is 0.850 bits per heavy atom. The number of ether oxygens (including phenoxy) is 2. The Bertz CT molecular complexity index is 1790. The first-order valence-corrected chi connectivity index (χ1v) is 23.4. The van der Waals surface area contributed by atoms with Crippen LogP contribution in [0.4, 0.5) is 0 Å². The van der Waals surface area contributed by atoms with Gasteiger partial charge in [0.15, 0.2) is 5.78 Å². The number of allylic oxidation sites excluding steroid dienone is 2. The second kappa shape index (κ2) is 15.5. The van der Waals surface area contributed by atoms with Gasteiger partial charge in [-0.05, 0) is 123 Å². The maximum absolute atomic E-state index is 14.2. The van der Waals surface area contributed by atoms with E-state index in [1.54, 1.807) is 0 Å². The summed E-state index contributed by atoms with van der Waals surface area (Å²) in [5.74, 6) is -0.739. The summed E-state index contributed by atoms with van der Waals surface area (Å²) in [7, 11) is 0. The van der Waals surface area contributed by atoms with Crippen molar-refractivity contribution in [3.05, 3.63) is 11.1 Å². The monoisotopic (exact) mass is 836 g/mol. The van der Waals surface area contributed by atoms with Crippen molar-refractivity contribution in [2.75, 3.05) is 39.4 Å². The lowest BCUT2D eigenvalue weighted by Gasteiger charge is -2.72. The molecule has 1 heterocycles. The van der Waals surface area contributed by atoms with E-state index in [0.29, 0.717) is 51.0 Å². The normalized spacial score (nSPS) is 39.7. The van der Waals surface area contributed by atoms with E-state index >= 15 is 0 Å². The molecule has 1 saturated heterocycles. The minimum atomic E-state index is -0.838. The van der Waals surface area contributed by atoms with Gasteiger partial charge in [-0.1, -0.05) is 67.9 Å². The van der Waals surface area contributed by atoms with Crippen LogP contribution < -0.4 is 10.6 Å². The number of morpholine rings is 1. The van der Waals surface area contributed by atoms with E-state index in [-0.39, 0.29) is 69.6 Å². The summed E-state index contributed by atoms with van der Waals surface area (Å²) in [6.07, 6.45) is 8.60. The van der Waals surface area contributed by atoms with Crippen molar-refractivity contribution in [2.45, 2.75) is 158 Å². The van der Waals surface area contributed by atoms with Crippen LogP contribution in [-0.4, -0.2) is 90.6 Å². The minimum absolute atomic E-state index is 0.0289. The third-order valence-corrected chi connectivity index (χ3v) is 18.8. The molecule has 6 aliphatic carbocycles. The molecule has 2 amide bonds. The number of aliphatic carboxylic acids is 1. The van der Waals surface area contributed by atoms with E-state index < -0.39 is 34.2 Å². The molecule has 7 aliphatic rings. The third-order valence-electron chi connectivity index (χ3n) is 18.8. The molecule has 0 radical (unpaired) electrons. The summed E-state index contributed by atoms with van der Waals surface area (Å²) in [5.41, 5.74) is 0.335. The molecule has 336 valence electrons. The number of nitrogens with one attached hydrogen (secondary N) is 2. The van der Waals surface area contributed by atoms with Gasteiger partial charge in [-0.3, -0.25) is 28.9 Å². The van der Waals surface area contributed by atoms with Gasteiger partial charge >= 0.3 is 11.9 Å². The summed E-state index contributed by atoms with van der Waals surface area (Å²) in [6, 6.07) is 0. The second-order valence-corrected chi connectivity index (χ2v) is 23.5. The number of carboxylic acids is 1. The molecular weight excluding hydrogens is 759 g/mol. The molecule has 60 heavy (non-hydrogen) atoms. The van der Waals surface area contributed by atoms with Gasteiger partial charge in [-0.15, -0.1) is 0 Å². The number of carboxylic acid groups (broad SMARTS) is 1. The Morgan fingerprint density at radius 3 is 2.17 bits per heavy atom. The van der Waals surface area contributed by atoms with Crippen LogP contribution in [0.1, 0.15) is 147 Å². The van der Waals surface area contributed by atoms with E-state index in [4.69, 9.17) is 9.47 Å². The van der Waals surface area contributed by atoms with Crippen molar-refractivity contribution in [1.82, 2.24) is 15.5 Å². The average molecular weight is 836 g/mol. The van der Waals surface area contributed by atoms with Crippen LogP contribution in [0, 0.1) is 68.0 Å². The van der Waals surface area contributed by atoms with Gasteiger partial charge in [0.25, 0.3) is 0 Å². The number of hydrogen-bond donors (Lipinski definition) is 3. The molecule has 11 heteroatoms. The zero-order chi connectivity index (χ0) is 44.0. The number of carbonyl (C=O) groups is 5. The van der Waals surface area contributed by atoms with Crippen molar-refractivity contribution in [2.24, 2.45) is 68.0 Å². The van der Waals surface area contributed by atoms with E-state index in [9.17, 15) is 29.1 Å². The van der Waals surface area contributed by atoms with Crippen LogP contribution in [0.25, 0.3) is 0 Å². The van der Waals surface area contributed by atoms with Crippen LogP contribution in [0.15, 0.2) is 11.1 Å². The highest BCUT2D eigenvalue weighted by Crippen LogP contribution is 2.77. The van der Waals surface area contributed by atoms with Crippen molar-refractivity contribution in [3.8, 4) is 0 Å². The first kappa shape index (κ1) is 45.2. The maximum atomic E-state index is 14.2.